The highest BCUT2D eigenvalue weighted by Gasteiger charge is 2.27. The molecule has 18 heavy (non-hydrogen) atoms. The van der Waals surface area contributed by atoms with Crippen molar-refractivity contribution in [2.45, 2.75) is 19.4 Å². The van der Waals surface area contributed by atoms with Gasteiger partial charge in [0.1, 0.15) is 0 Å². The molecule has 0 spiro atoms. The van der Waals surface area contributed by atoms with Gasteiger partial charge in [0.05, 0.1) is 6.33 Å². The first-order chi connectivity index (χ1) is 8.76. The fraction of sp³-hybridized carbons (Fsp3) is 0.429. The topological polar surface area (TPSA) is 38.1 Å². The number of amides is 1. The van der Waals surface area contributed by atoms with Crippen molar-refractivity contribution in [2.24, 2.45) is 5.92 Å². The molecule has 0 bridgehead atoms. The zero-order valence-electron chi connectivity index (χ0n) is 10.6. The van der Waals surface area contributed by atoms with Gasteiger partial charge in [0.2, 0.25) is 5.91 Å². The molecule has 1 atom stereocenters. The van der Waals surface area contributed by atoms with Crippen molar-refractivity contribution in [3.8, 4) is 0 Å². The van der Waals surface area contributed by atoms with E-state index >= 15 is 0 Å². The second-order valence-electron chi connectivity index (χ2n) is 4.59. The molecule has 4 heteroatoms. The Labute approximate surface area is 108 Å². The van der Waals surface area contributed by atoms with Crippen molar-refractivity contribution in [3.05, 3.63) is 43.5 Å². The maximum Gasteiger partial charge on any atom is 0.226 e. The highest BCUT2D eigenvalue weighted by Crippen LogP contribution is 2.21. The lowest BCUT2D eigenvalue weighted by Crippen LogP contribution is -2.39. The van der Waals surface area contributed by atoms with E-state index in [4.69, 9.17) is 0 Å². The van der Waals surface area contributed by atoms with Gasteiger partial charge in [-0.2, -0.15) is 0 Å². The summed E-state index contributed by atoms with van der Waals surface area (Å²) in [5.74, 6) is 0.261. The van der Waals surface area contributed by atoms with E-state index in [2.05, 4.69) is 22.7 Å². The van der Waals surface area contributed by atoms with Crippen LogP contribution in [0.15, 0.2) is 37.8 Å². The summed E-state index contributed by atoms with van der Waals surface area (Å²) in [6.07, 6.45) is 8.87. The van der Waals surface area contributed by atoms with E-state index in [0.29, 0.717) is 13.1 Å². The van der Waals surface area contributed by atoms with Gasteiger partial charge in [0.25, 0.3) is 0 Å². The molecular formula is C14H19N3O. The van der Waals surface area contributed by atoms with Crippen LogP contribution in [0.2, 0.25) is 0 Å². The molecule has 1 aliphatic heterocycles. The van der Waals surface area contributed by atoms with E-state index in [-0.39, 0.29) is 11.8 Å². The third-order valence-electron chi connectivity index (χ3n) is 3.33. The number of imidazole rings is 1. The standard InChI is InChI=1S/C14H19N3O/c1-3-6-16(7-4-2)14(18)12-5-8-17-11-15-10-13(17)9-12/h3-4,10-12H,1-2,5-9H2. The molecule has 1 amide bonds. The van der Waals surface area contributed by atoms with Crippen LogP contribution in [0.4, 0.5) is 0 Å². The van der Waals surface area contributed by atoms with Crippen LogP contribution in [0, 0.1) is 5.92 Å². The summed E-state index contributed by atoms with van der Waals surface area (Å²) in [5.41, 5.74) is 1.15. The van der Waals surface area contributed by atoms with Gasteiger partial charge in [0, 0.05) is 43.9 Å². The van der Waals surface area contributed by atoms with Crippen LogP contribution >= 0.6 is 0 Å². The van der Waals surface area contributed by atoms with E-state index in [0.717, 1.165) is 25.1 Å². The summed E-state index contributed by atoms with van der Waals surface area (Å²) in [7, 11) is 0. The molecular weight excluding hydrogens is 226 g/mol. The maximum absolute atomic E-state index is 12.4. The van der Waals surface area contributed by atoms with Crippen molar-refractivity contribution in [2.75, 3.05) is 13.1 Å². The number of hydrogen-bond acceptors (Lipinski definition) is 2. The monoisotopic (exact) mass is 245 g/mol. The quantitative estimate of drug-likeness (QED) is 0.740. The Morgan fingerprint density at radius 1 is 1.50 bits per heavy atom. The minimum absolute atomic E-state index is 0.0640. The normalized spacial score (nSPS) is 17.9. The average molecular weight is 245 g/mol. The minimum Gasteiger partial charge on any atom is -0.335 e. The number of aromatic nitrogens is 2. The smallest absolute Gasteiger partial charge is 0.226 e. The summed E-state index contributed by atoms with van der Waals surface area (Å²) >= 11 is 0. The first-order valence-electron chi connectivity index (χ1n) is 6.26. The lowest BCUT2D eigenvalue weighted by atomic mass is 9.94. The Morgan fingerprint density at radius 2 is 2.22 bits per heavy atom. The Bertz CT molecular complexity index is 440. The Kier molecular flexibility index (Phi) is 3.97. The van der Waals surface area contributed by atoms with Crippen molar-refractivity contribution >= 4 is 5.91 Å². The molecule has 0 N–H and O–H groups in total. The van der Waals surface area contributed by atoms with Crippen LogP contribution in [0.1, 0.15) is 12.1 Å². The molecule has 0 saturated heterocycles. The molecule has 2 heterocycles. The number of nitrogens with zero attached hydrogens (tertiary/aromatic N) is 3. The molecule has 0 radical (unpaired) electrons. The SMILES string of the molecule is C=CCN(CC=C)C(=O)C1CCn2cncc2C1. The molecule has 0 fully saturated rings. The van der Waals surface area contributed by atoms with Crippen LogP contribution in [-0.2, 0) is 17.8 Å². The van der Waals surface area contributed by atoms with Gasteiger partial charge in [-0.3, -0.25) is 4.79 Å². The molecule has 0 saturated carbocycles. The third-order valence-corrected chi connectivity index (χ3v) is 3.33. The predicted octanol–water partition coefficient (Wildman–Crippen LogP) is 1.65. The Morgan fingerprint density at radius 3 is 2.89 bits per heavy atom. The Balaban J connectivity index is 2.05. The summed E-state index contributed by atoms with van der Waals surface area (Å²) in [4.78, 5) is 18.3. The number of hydrogen-bond donors (Lipinski definition) is 0. The van der Waals surface area contributed by atoms with Crippen molar-refractivity contribution in [3.63, 3.8) is 0 Å². The molecule has 4 nitrogen and oxygen atoms in total. The van der Waals surface area contributed by atoms with Crippen LogP contribution in [0.3, 0.4) is 0 Å². The van der Waals surface area contributed by atoms with E-state index in [9.17, 15) is 4.79 Å². The van der Waals surface area contributed by atoms with Crippen molar-refractivity contribution in [1.29, 1.82) is 0 Å². The van der Waals surface area contributed by atoms with Gasteiger partial charge >= 0.3 is 0 Å². The molecule has 1 unspecified atom stereocenters. The second-order valence-corrected chi connectivity index (χ2v) is 4.59. The molecule has 1 aliphatic rings. The summed E-state index contributed by atoms with van der Waals surface area (Å²) in [6.45, 7) is 9.44. The van der Waals surface area contributed by atoms with Crippen LogP contribution in [0.5, 0.6) is 0 Å². The predicted molar refractivity (Wildman–Crippen MR) is 71.0 cm³/mol. The second kappa shape index (κ2) is 5.67. The fourth-order valence-electron chi connectivity index (χ4n) is 2.40. The number of carbonyl (C=O) groups is 1. The molecule has 2 rings (SSSR count). The first-order valence-corrected chi connectivity index (χ1v) is 6.26. The average Bonchev–Trinajstić information content (AvgIpc) is 2.84. The summed E-state index contributed by atoms with van der Waals surface area (Å²) in [6, 6.07) is 0. The van der Waals surface area contributed by atoms with Gasteiger partial charge in [0.15, 0.2) is 0 Å². The number of aryl methyl sites for hydroxylation is 1. The number of carbonyl (C=O) groups excluding carboxylic acids is 1. The highest BCUT2D eigenvalue weighted by atomic mass is 16.2. The largest absolute Gasteiger partial charge is 0.335 e. The zero-order valence-corrected chi connectivity index (χ0v) is 10.6. The zero-order chi connectivity index (χ0) is 13.0. The van der Waals surface area contributed by atoms with E-state index in [1.54, 1.807) is 17.1 Å². The third kappa shape index (κ3) is 2.53. The lowest BCUT2D eigenvalue weighted by molar-refractivity contribution is -0.135. The lowest BCUT2D eigenvalue weighted by Gasteiger charge is -2.28. The first kappa shape index (κ1) is 12.6. The van der Waals surface area contributed by atoms with E-state index < -0.39 is 0 Å². The fourth-order valence-corrected chi connectivity index (χ4v) is 2.40. The summed E-state index contributed by atoms with van der Waals surface area (Å²) in [5, 5.41) is 0. The molecule has 96 valence electrons. The van der Waals surface area contributed by atoms with Crippen LogP contribution in [0.25, 0.3) is 0 Å². The van der Waals surface area contributed by atoms with Crippen molar-refractivity contribution < 1.29 is 4.79 Å². The molecule has 0 aliphatic carbocycles. The number of rotatable bonds is 5. The Hall–Kier alpha value is -1.84. The van der Waals surface area contributed by atoms with Gasteiger partial charge in [-0.15, -0.1) is 13.2 Å². The van der Waals surface area contributed by atoms with Gasteiger partial charge < -0.3 is 9.47 Å². The molecule has 1 aromatic heterocycles. The van der Waals surface area contributed by atoms with Gasteiger partial charge in [-0.25, -0.2) is 4.98 Å². The minimum atomic E-state index is 0.0640. The van der Waals surface area contributed by atoms with Gasteiger partial charge in [-0.05, 0) is 6.42 Å². The molecule has 0 aromatic carbocycles. The van der Waals surface area contributed by atoms with Crippen molar-refractivity contribution in [1.82, 2.24) is 14.5 Å². The summed E-state index contributed by atoms with van der Waals surface area (Å²) < 4.78 is 2.12. The van der Waals surface area contributed by atoms with Gasteiger partial charge in [-0.1, -0.05) is 12.2 Å². The van der Waals surface area contributed by atoms with Crippen LogP contribution in [-0.4, -0.2) is 33.4 Å². The van der Waals surface area contributed by atoms with E-state index in [1.807, 2.05) is 12.5 Å². The van der Waals surface area contributed by atoms with Crippen LogP contribution < -0.4 is 0 Å². The van der Waals surface area contributed by atoms with E-state index in [1.165, 1.54) is 0 Å². The maximum atomic E-state index is 12.4. The number of fused-ring (bicyclic) bond motifs is 1. The molecule has 1 aromatic rings. The highest BCUT2D eigenvalue weighted by molar-refractivity contribution is 5.79.